The van der Waals surface area contributed by atoms with Gasteiger partial charge < -0.3 is 5.32 Å². The maximum atomic E-state index is 11.0. The number of sulfone groups is 1. The van der Waals surface area contributed by atoms with Crippen LogP contribution in [-0.4, -0.2) is 32.0 Å². The van der Waals surface area contributed by atoms with E-state index in [2.05, 4.69) is 19.2 Å². The van der Waals surface area contributed by atoms with Gasteiger partial charge in [0.1, 0.15) is 9.84 Å². The van der Waals surface area contributed by atoms with E-state index in [1.807, 2.05) is 13.8 Å². The Morgan fingerprint density at radius 2 is 1.86 bits per heavy atom. The third-order valence-corrected chi connectivity index (χ3v) is 3.29. The van der Waals surface area contributed by atoms with Crippen LogP contribution in [0.5, 0.6) is 0 Å². The summed E-state index contributed by atoms with van der Waals surface area (Å²) in [6, 6.07) is 0.435. The van der Waals surface area contributed by atoms with Crippen molar-refractivity contribution < 1.29 is 8.42 Å². The van der Waals surface area contributed by atoms with Crippen LogP contribution >= 0.6 is 0 Å². The van der Waals surface area contributed by atoms with Gasteiger partial charge in [-0.3, -0.25) is 0 Å². The van der Waals surface area contributed by atoms with E-state index >= 15 is 0 Å². The molecule has 1 N–H and O–H groups in total. The maximum absolute atomic E-state index is 11.0. The van der Waals surface area contributed by atoms with E-state index < -0.39 is 9.84 Å². The molecule has 14 heavy (non-hydrogen) atoms. The first-order valence-electron chi connectivity index (χ1n) is 5.12. The quantitative estimate of drug-likeness (QED) is 0.741. The van der Waals surface area contributed by atoms with E-state index in [0.29, 0.717) is 12.5 Å². The molecule has 0 aromatic carbocycles. The van der Waals surface area contributed by atoms with Crippen molar-refractivity contribution in [3.8, 4) is 0 Å². The summed E-state index contributed by atoms with van der Waals surface area (Å²) < 4.78 is 22.0. The number of hydrogen-bond acceptors (Lipinski definition) is 3. The SMILES string of the molecule is CCC(C)NC(C)(C)CCS(C)(=O)=O. The molecule has 0 aromatic heterocycles. The molecule has 0 heterocycles. The summed E-state index contributed by atoms with van der Waals surface area (Å²) in [5.41, 5.74) is -0.0987. The predicted molar refractivity (Wildman–Crippen MR) is 61.3 cm³/mol. The highest BCUT2D eigenvalue weighted by Gasteiger charge is 2.20. The Kier molecular flexibility index (Phi) is 5.09. The lowest BCUT2D eigenvalue weighted by molar-refractivity contribution is 0.330. The molecule has 0 aliphatic rings. The Labute approximate surface area is 88.2 Å². The van der Waals surface area contributed by atoms with Gasteiger partial charge in [-0.15, -0.1) is 0 Å². The van der Waals surface area contributed by atoms with E-state index in [4.69, 9.17) is 0 Å². The van der Waals surface area contributed by atoms with Gasteiger partial charge in [-0.25, -0.2) is 8.42 Å². The number of rotatable bonds is 6. The second-order valence-corrected chi connectivity index (χ2v) is 6.98. The first-order chi connectivity index (χ1) is 6.16. The van der Waals surface area contributed by atoms with Gasteiger partial charge in [0.2, 0.25) is 0 Å². The van der Waals surface area contributed by atoms with Crippen LogP contribution < -0.4 is 5.32 Å². The zero-order valence-electron chi connectivity index (χ0n) is 9.92. The Morgan fingerprint density at radius 1 is 1.36 bits per heavy atom. The molecule has 0 amide bonds. The number of nitrogens with one attached hydrogen (secondary N) is 1. The summed E-state index contributed by atoms with van der Waals surface area (Å²) in [6.07, 6.45) is 3.00. The van der Waals surface area contributed by atoms with Gasteiger partial charge in [-0.1, -0.05) is 6.92 Å². The average molecular weight is 221 g/mol. The predicted octanol–water partition coefficient (Wildman–Crippen LogP) is 1.59. The van der Waals surface area contributed by atoms with Crippen LogP contribution in [0.4, 0.5) is 0 Å². The van der Waals surface area contributed by atoms with Gasteiger partial charge in [0, 0.05) is 17.8 Å². The first-order valence-corrected chi connectivity index (χ1v) is 7.18. The van der Waals surface area contributed by atoms with E-state index in [1.165, 1.54) is 6.26 Å². The average Bonchev–Trinajstić information content (AvgIpc) is 1.99. The molecule has 0 fully saturated rings. The molecule has 3 nitrogen and oxygen atoms in total. The third-order valence-electron chi connectivity index (χ3n) is 2.35. The topological polar surface area (TPSA) is 46.2 Å². The summed E-state index contributed by atoms with van der Waals surface area (Å²) in [4.78, 5) is 0. The summed E-state index contributed by atoms with van der Waals surface area (Å²) >= 11 is 0. The molecular formula is C10H23NO2S. The van der Waals surface area contributed by atoms with Crippen LogP contribution in [0.2, 0.25) is 0 Å². The molecule has 0 saturated carbocycles. The van der Waals surface area contributed by atoms with Crippen LogP contribution in [0.3, 0.4) is 0 Å². The van der Waals surface area contributed by atoms with Crippen molar-refractivity contribution >= 4 is 9.84 Å². The third kappa shape index (κ3) is 7.33. The lowest BCUT2D eigenvalue weighted by atomic mass is 10.0. The fraction of sp³-hybridized carbons (Fsp3) is 1.00. The standard InChI is InChI=1S/C10H23NO2S/c1-6-9(2)11-10(3,4)7-8-14(5,12)13/h9,11H,6-8H2,1-5H3. The Balaban J connectivity index is 4.08. The molecule has 0 rings (SSSR count). The van der Waals surface area contributed by atoms with Gasteiger partial charge >= 0.3 is 0 Å². The van der Waals surface area contributed by atoms with Gasteiger partial charge in [-0.05, 0) is 33.6 Å². The van der Waals surface area contributed by atoms with E-state index in [1.54, 1.807) is 0 Å². The van der Waals surface area contributed by atoms with Crippen molar-refractivity contribution in [3.63, 3.8) is 0 Å². The Morgan fingerprint density at radius 3 is 2.21 bits per heavy atom. The highest BCUT2D eigenvalue weighted by molar-refractivity contribution is 7.90. The van der Waals surface area contributed by atoms with Gasteiger partial charge in [0.15, 0.2) is 0 Å². The molecule has 0 radical (unpaired) electrons. The van der Waals surface area contributed by atoms with Crippen molar-refractivity contribution in [3.05, 3.63) is 0 Å². The van der Waals surface area contributed by atoms with E-state index in [9.17, 15) is 8.42 Å². The highest BCUT2D eigenvalue weighted by Crippen LogP contribution is 2.11. The molecule has 0 saturated heterocycles. The monoisotopic (exact) mass is 221 g/mol. The van der Waals surface area contributed by atoms with Crippen molar-refractivity contribution in [2.45, 2.75) is 52.1 Å². The molecule has 1 unspecified atom stereocenters. The minimum Gasteiger partial charge on any atom is -0.309 e. The van der Waals surface area contributed by atoms with Crippen LogP contribution in [0.25, 0.3) is 0 Å². The summed E-state index contributed by atoms with van der Waals surface area (Å²) in [5, 5.41) is 3.41. The first kappa shape index (κ1) is 13.9. The summed E-state index contributed by atoms with van der Waals surface area (Å²) in [5.74, 6) is 0.253. The molecule has 0 spiro atoms. The van der Waals surface area contributed by atoms with Crippen molar-refractivity contribution in [1.82, 2.24) is 5.32 Å². The van der Waals surface area contributed by atoms with Crippen LogP contribution in [0, 0.1) is 0 Å². The molecular weight excluding hydrogens is 198 g/mol. The van der Waals surface area contributed by atoms with Crippen LogP contribution in [-0.2, 0) is 9.84 Å². The zero-order valence-corrected chi connectivity index (χ0v) is 10.7. The van der Waals surface area contributed by atoms with E-state index in [-0.39, 0.29) is 11.3 Å². The highest BCUT2D eigenvalue weighted by atomic mass is 32.2. The fourth-order valence-electron chi connectivity index (χ4n) is 1.28. The summed E-state index contributed by atoms with van der Waals surface area (Å²) in [6.45, 7) is 8.32. The zero-order chi connectivity index (χ0) is 11.4. The van der Waals surface area contributed by atoms with Crippen LogP contribution in [0.15, 0.2) is 0 Å². The Hall–Kier alpha value is -0.0900. The maximum Gasteiger partial charge on any atom is 0.147 e. The van der Waals surface area contributed by atoms with Gasteiger partial charge in [0.25, 0.3) is 0 Å². The van der Waals surface area contributed by atoms with E-state index in [0.717, 1.165) is 6.42 Å². The molecule has 0 aromatic rings. The lowest BCUT2D eigenvalue weighted by Gasteiger charge is -2.29. The summed E-state index contributed by atoms with van der Waals surface area (Å²) in [7, 11) is -2.84. The molecule has 0 aliphatic heterocycles. The number of hydrogen-bond donors (Lipinski definition) is 1. The van der Waals surface area contributed by atoms with Crippen molar-refractivity contribution in [2.75, 3.05) is 12.0 Å². The molecule has 86 valence electrons. The normalized spacial score (nSPS) is 15.5. The molecule has 4 heteroatoms. The minimum absolute atomic E-state index is 0.0987. The van der Waals surface area contributed by atoms with Crippen LogP contribution in [0.1, 0.15) is 40.5 Å². The van der Waals surface area contributed by atoms with Gasteiger partial charge in [-0.2, -0.15) is 0 Å². The molecule has 0 aliphatic carbocycles. The molecule has 1 atom stereocenters. The Bertz CT molecular complexity index is 257. The molecule has 0 bridgehead atoms. The smallest absolute Gasteiger partial charge is 0.147 e. The van der Waals surface area contributed by atoms with Gasteiger partial charge in [0.05, 0.1) is 5.75 Å². The lowest BCUT2D eigenvalue weighted by Crippen LogP contribution is -2.45. The van der Waals surface area contributed by atoms with Crippen molar-refractivity contribution in [1.29, 1.82) is 0 Å². The fourth-order valence-corrected chi connectivity index (χ4v) is 2.16. The second kappa shape index (κ2) is 5.12. The minimum atomic E-state index is -2.84. The second-order valence-electron chi connectivity index (χ2n) is 4.72. The largest absolute Gasteiger partial charge is 0.309 e. The van der Waals surface area contributed by atoms with Crippen molar-refractivity contribution in [2.24, 2.45) is 0 Å².